The van der Waals surface area contributed by atoms with E-state index in [1.165, 1.54) is 0 Å². The summed E-state index contributed by atoms with van der Waals surface area (Å²) in [5, 5.41) is -0.145. The van der Waals surface area contributed by atoms with Gasteiger partial charge in [0, 0.05) is 32.7 Å². The molecule has 184 valence electrons. The molecular formula is C24H6BF7N6. The molecule has 0 aliphatic carbocycles. The standard InChI is InChI=1S/C24H6BF7N6/c26-13-1-7-8(2-14(13)27)20-33-19(7)34-21-9-3-15(28)17(30)5-11(9)23-36-24-12-6-18(31)16(29)4-10(12)22(35-20)38(24)25(32)37(21)23/h1-6H. The minimum Gasteiger partial charge on any atom is -0.303 e. The molecule has 0 unspecified atom stereocenters. The fraction of sp³-hybridized carbons (Fsp3) is 0. The number of amidine groups is 2. The molecular weight excluding hydrogens is 516 g/mol. The topological polar surface area (TPSA) is 59.3 Å². The second-order valence-electron chi connectivity index (χ2n) is 8.88. The number of hydrogen-bond acceptors (Lipinski definition) is 4. The van der Waals surface area contributed by atoms with Gasteiger partial charge in [0.15, 0.2) is 46.6 Å². The van der Waals surface area contributed by atoms with Crippen molar-refractivity contribution in [1.29, 1.82) is 0 Å². The second kappa shape index (κ2) is 6.76. The molecule has 6 nitrogen and oxygen atoms in total. The van der Waals surface area contributed by atoms with Gasteiger partial charge in [0.05, 0.1) is 0 Å². The first-order valence-corrected chi connectivity index (χ1v) is 11.0. The van der Waals surface area contributed by atoms with Crippen LogP contribution in [0.2, 0.25) is 0 Å². The van der Waals surface area contributed by atoms with E-state index < -0.39 is 42.2 Å². The number of nitrogens with zero attached hydrogens (tertiary/aromatic N) is 6. The third-order valence-corrected chi connectivity index (χ3v) is 6.81. The zero-order valence-corrected chi connectivity index (χ0v) is 18.4. The smallest absolute Gasteiger partial charge is 0.303 e. The minimum absolute atomic E-state index is 0.000961. The predicted molar refractivity (Wildman–Crippen MR) is 122 cm³/mol. The van der Waals surface area contributed by atoms with E-state index in [9.17, 15) is 26.3 Å². The molecule has 0 fully saturated rings. The molecule has 0 atom stereocenters. The zero-order valence-electron chi connectivity index (χ0n) is 18.4. The van der Waals surface area contributed by atoms with E-state index in [4.69, 9.17) is 0 Å². The highest BCUT2D eigenvalue weighted by Crippen LogP contribution is 2.42. The summed E-state index contributed by atoms with van der Waals surface area (Å²) in [5.74, 6) is -8.22. The monoisotopic (exact) mass is 522 g/mol. The first-order valence-electron chi connectivity index (χ1n) is 11.0. The van der Waals surface area contributed by atoms with Gasteiger partial charge in [-0.1, -0.05) is 0 Å². The Bertz CT molecular complexity index is 2180. The molecule has 3 aliphatic heterocycles. The molecule has 5 heterocycles. The summed E-state index contributed by atoms with van der Waals surface area (Å²) < 4.78 is 104. The summed E-state index contributed by atoms with van der Waals surface area (Å²) in [4.78, 5) is 17.4. The Balaban J connectivity index is 1.66. The van der Waals surface area contributed by atoms with Crippen LogP contribution in [0, 0.1) is 34.9 Å². The Hall–Kier alpha value is -4.75. The van der Waals surface area contributed by atoms with Crippen LogP contribution in [0.5, 0.6) is 0 Å². The van der Waals surface area contributed by atoms with Crippen molar-refractivity contribution < 1.29 is 30.7 Å². The average Bonchev–Trinajstić information content (AvgIpc) is 3.45. The van der Waals surface area contributed by atoms with Crippen molar-refractivity contribution in [2.75, 3.05) is 0 Å². The maximum atomic E-state index is 16.4. The largest absolute Gasteiger partial charge is 0.601 e. The molecule has 0 N–H and O–H groups in total. The fourth-order valence-electron chi connectivity index (χ4n) is 5.14. The van der Waals surface area contributed by atoms with E-state index in [0.29, 0.717) is 0 Å². The Morgan fingerprint density at radius 1 is 0.474 bits per heavy atom. The molecule has 14 heteroatoms. The van der Waals surface area contributed by atoms with Crippen LogP contribution >= 0.6 is 0 Å². The van der Waals surface area contributed by atoms with Crippen LogP contribution in [-0.4, -0.2) is 27.9 Å². The molecule has 0 radical (unpaired) electrons. The van der Waals surface area contributed by atoms with Gasteiger partial charge in [-0.25, -0.2) is 46.3 Å². The van der Waals surface area contributed by atoms with E-state index >= 15 is 4.32 Å². The summed E-state index contributed by atoms with van der Waals surface area (Å²) in [7, 11) is -2.19. The molecule has 5 aromatic rings. The highest BCUT2D eigenvalue weighted by Gasteiger charge is 2.38. The number of halogens is 7. The van der Waals surface area contributed by atoms with Gasteiger partial charge in [-0.2, -0.15) is 0 Å². The van der Waals surface area contributed by atoms with Crippen molar-refractivity contribution in [3.8, 4) is 0 Å². The highest BCUT2D eigenvalue weighted by molar-refractivity contribution is 6.50. The van der Waals surface area contributed by atoms with Gasteiger partial charge in [0.25, 0.3) is 0 Å². The normalized spacial score (nSPS) is 14.9. The van der Waals surface area contributed by atoms with Crippen LogP contribution < -0.4 is 11.0 Å². The molecule has 3 aliphatic rings. The lowest BCUT2D eigenvalue weighted by molar-refractivity contribution is 0.508. The average molecular weight is 522 g/mol. The van der Waals surface area contributed by atoms with Crippen molar-refractivity contribution in [3.05, 3.63) is 93.4 Å². The van der Waals surface area contributed by atoms with Crippen LogP contribution in [-0.2, 0) is 0 Å². The Kier molecular flexibility index (Phi) is 3.80. The molecule has 2 aromatic heterocycles. The molecule has 8 rings (SSSR count). The SMILES string of the molecule is FB1n2c3c4cc(F)c(F)cc4c2N=c2c4cc(F)c(F)cc4c(n21)=NC1=NC(=N3)c2cc(F)c(F)cc21. The van der Waals surface area contributed by atoms with Gasteiger partial charge in [-0.05, 0) is 36.4 Å². The number of rotatable bonds is 0. The summed E-state index contributed by atoms with van der Waals surface area (Å²) in [6.07, 6.45) is 0. The van der Waals surface area contributed by atoms with E-state index in [-0.39, 0.29) is 67.0 Å². The van der Waals surface area contributed by atoms with Crippen LogP contribution in [0.15, 0.2) is 56.4 Å². The summed E-state index contributed by atoms with van der Waals surface area (Å²) in [6, 6.07) is 4.91. The van der Waals surface area contributed by atoms with Crippen LogP contribution in [0.1, 0.15) is 11.1 Å². The zero-order chi connectivity index (χ0) is 26.2. The minimum atomic E-state index is -2.19. The van der Waals surface area contributed by atoms with E-state index in [2.05, 4.69) is 20.0 Å². The van der Waals surface area contributed by atoms with Crippen LogP contribution in [0.3, 0.4) is 0 Å². The van der Waals surface area contributed by atoms with Crippen molar-refractivity contribution in [1.82, 2.24) is 8.96 Å². The quantitative estimate of drug-likeness (QED) is 0.212. The number of aromatic nitrogens is 2. The highest BCUT2D eigenvalue weighted by atomic mass is 19.2. The molecule has 0 saturated carbocycles. The number of aliphatic imine (C=N–C) groups is 2. The molecule has 0 spiro atoms. The van der Waals surface area contributed by atoms with E-state index in [1.807, 2.05) is 0 Å². The van der Waals surface area contributed by atoms with Crippen molar-refractivity contribution >= 4 is 52.1 Å². The summed E-state index contributed by atoms with van der Waals surface area (Å²) >= 11 is 0. The van der Waals surface area contributed by atoms with Crippen LogP contribution in [0.25, 0.3) is 21.5 Å². The van der Waals surface area contributed by atoms with Crippen molar-refractivity contribution in [3.63, 3.8) is 0 Å². The van der Waals surface area contributed by atoms with E-state index in [1.54, 1.807) is 0 Å². The van der Waals surface area contributed by atoms with Gasteiger partial charge in [0.2, 0.25) is 0 Å². The Morgan fingerprint density at radius 3 is 1.45 bits per heavy atom. The maximum absolute atomic E-state index is 16.4. The fourth-order valence-corrected chi connectivity index (χ4v) is 5.14. The lowest BCUT2D eigenvalue weighted by atomic mass is 10.0. The van der Waals surface area contributed by atoms with Gasteiger partial charge < -0.3 is 8.96 Å². The lowest BCUT2D eigenvalue weighted by Crippen LogP contribution is -2.45. The third-order valence-electron chi connectivity index (χ3n) is 6.81. The lowest BCUT2D eigenvalue weighted by Gasteiger charge is -2.16. The van der Waals surface area contributed by atoms with Crippen molar-refractivity contribution in [2.24, 2.45) is 20.0 Å². The predicted octanol–water partition coefficient (Wildman–Crippen LogP) is 4.52. The van der Waals surface area contributed by atoms with Gasteiger partial charge in [0.1, 0.15) is 22.6 Å². The number of hydrogen-bond donors (Lipinski definition) is 0. The third kappa shape index (κ3) is 2.49. The molecule has 0 saturated heterocycles. The van der Waals surface area contributed by atoms with Gasteiger partial charge in [-0.3, -0.25) is 4.32 Å². The van der Waals surface area contributed by atoms with E-state index in [0.717, 1.165) is 45.4 Å². The Labute approximate surface area is 205 Å². The molecule has 4 bridgehead atoms. The second-order valence-corrected chi connectivity index (χ2v) is 8.88. The van der Waals surface area contributed by atoms with Crippen LogP contribution in [0.4, 0.5) is 42.3 Å². The molecule has 3 aromatic carbocycles. The van der Waals surface area contributed by atoms with Crippen molar-refractivity contribution in [2.45, 2.75) is 0 Å². The van der Waals surface area contributed by atoms with Gasteiger partial charge in [-0.15, -0.1) is 0 Å². The Morgan fingerprint density at radius 2 is 0.895 bits per heavy atom. The number of benzene rings is 3. The summed E-state index contributed by atoms with van der Waals surface area (Å²) in [6.45, 7) is 0. The molecule has 38 heavy (non-hydrogen) atoms. The maximum Gasteiger partial charge on any atom is 0.601 e. The molecule has 0 amide bonds. The first-order chi connectivity index (χ1) is 18.2. The summed E-state index contributed by atoms with van der Waals surface area (Å²) in [5.41, 5.74) is -0.418. The first kappa shape index (κ1) is 21.4. The van der Waals surface area contributed by atoms with Gasteiger partial charge >= 0.3 is 7.26 Å². The number of fused-ring (bicyclic) bond motifs is 10.